The molecule has 1 N–H and O–H groups in total. The molecule has 1 rings (SSSR count). The normalized spacial score (nSPS) is 30.4. The minimum Gasteiger partial charge on any atom is -0.468 e. The molecule has 0 bridgehead atoms. The van der Waals surface area contributed by atoms with Crippen molar-refractivity contribution in [2.45, 2.75) is 52.0 Å². The number of likely N-dealkylation sites (N-methyl/N-ethyl adjacent to an activating group) is 1. The molecule has 3 nitrogen and oxygen atoms in total. The van der Waals surface area contributed by atoms with Crippen molar-refractivity contribution in [1.82, 2.24) is 5.32 Å². The topological polar surface area (TPSA) is 38.3 Å². The van der Waals surface area contributed by atoms with Crippen LogP contribution in [-0.2, 0) is 9.53 Å². The van der Waals surface area contributed by atoms with Gasteiger partial charge in [0.15, 0.2) is 0 Å². The molecule has 0 aromatic rings. The standard InChI is InChI=1S/C13H25NO2/c1-5-14-13(12(15)16-4)8-6-7-11(9-13)10(2)3/h10-11,14H,5-9H2,1-4H3. The van der Waals surface area contributed by atoms with Crippen molar-refractivity contribution in [3.05, 3.63) is 0 Å². The third-order valence-electron chi connectivity index (χ3n) is 3.82. The fourth-order valence-corrected chi connectivity index (χ4v) is 2.84. The first kappa shape index (κ1) is 13.5. The van der Waals surface area contributed by atoms with Crippen LogP contribution in [0.3, 0.4) is 0 Å². The van der Waals surface area contributed by atoms with Gasteiger partial charge in [-0.2, -0.15) is 0 Å². The minimum atomic E-state index is -0.420. The number of nitrogens with one attached hydrogen (secondary N) is 1. The molecule has 94 valence electrons. The van der Waals surface area contributed by atoms with Crippen LogP contribution in [0.5, 0.6) is 0 Å². The molecule has 0 amide bonds. The van der Waals surface area contributed by atoms with Crippen molar-refractivity contribution in [1.29, 1.82) is 0 Å². The Hall–Kier alpha value is -0.570. The summed E-state index contributed by atoms with van der Waals surface area (Å²) in [7, 11) is 1.49. The van der Waals surface area contributed by atoms with E-state index in [1.807, 2.05) is 6.92 Å². The molecule has 1 aliphatic carbocycles. The van der Waals surface area contributed by atoms with Crippen LogP contribution in [0.4, 0.5) is 0 Å². The quantitative estimate of drug-likeness (QED) is 0.749. The molecule has 1 aliphatic rings. The van der Waals surface area contributed by atoms with E-state index in [0.29, 0.717) is 11.8 Å². The van der Waals surface area contributed by atoms with Crippen molar-refractivity contribution in [3.63, 3.8) is 0 Å². The molecule has 2 atom stereocenters. The second-order valence-corrected chi connectivity index (χ2v) is 5.20. The van der Waals surface area contributed by atoms with Crippen molar-refractivity contribution in [2.24, 2.45) is 11.8 Å². The van der Waals surface area contributed by atoms with Crippen molar-refractivity contribution in [3.8, 4) is 0 Å². The highest BCUT2D eigenvalue weighted by molar-refractivity contribution is 5.80. The molecular formula is C13H25NO2. The van der Waals surface area contributed by atoms with Gasteiger partial charge in [-0.1, -0.05) is 33.6 Å². The van der Waals surface area contributed by atoms with E-state index in [0.717, 1.165) is 25.8 Å². The second kappa shape index (κ2) is 5.67. The Labute approximate surface area is 98.9 Å². The zero-order valence-corrected chi connectivity index (χ0v) is 11.0. The number of carbonyl (C=O) groups excluding carboxylic acids is 1. The molecule has 1 fully saturated rings. The van der Waals surface area contributed by atoms with Crippen LogP contribution in [0, 0.1) is 11.8 Å². The first-order chi connectivity index (χ1) is 7.55. The number of rotatable bonds is 4. The number of methoxy groups -OCH3 is 1. The summed E-state index contributed by atoms with van der Waals surface area (Å²) in [5, 5.41) is 3.36. The molecule has 16 heavy (non-hydrogen) atoms. The maximum absolute atomic E-state index is 12.0. The Morgan fingerprint density at radius 2 is 2.25 bits per heavy atom. The van der Waals surface area contributed by atoms with Gasteiger partial charge in [-0.15, -0.1) is 0 Å². The molecular weight excluding hydrogens is 202 g/mol. The van der Waals surface area contributed by atoms with Gasteiger partial charge in [-0.3, -0.25) is 4.79 Å². The van der Waals surface area contributed by atoms with Gasteiger partial charge >= 0.3 is 5.97 Å². The van der Waals surface area contributed by atoms with Crippen LogP contribution in [0.25, 0.3) is 0 Å². The molecule has 0 spiro atoms. The van der Waals surface area contributed by atoms with Gasteiger partial charge in [0.25, 0.3) is 0 Å². The van der Waals surface area contributed by atoms with Crippen molar-refractivity contribution >= 4 is 5.97 Å². The fourth-order valence-electron chi connectivity index (χ4n) is 2.84. The highest BCUT2D eigenvalue weighted by Crippen LogP contribution is 2.37. The molecule has 3 heteroatoms. The van der Waals surface area contributed by atoms with E-state index in [4.69, 9.17) is 4.74 Å². The van der Waals surface area contributed by atoms with Crippen LogP contribution in [0.15, 0.2) is 0 Å². The first-order valence-electron chi connectivity index (χ1n) is 6.39. The van der Waals surface area contributed by atoms with Gasteiger partial charge in [-0.05, 0) is 31.2 Å². The second-order valence-electron chi connectivity index (χ2n) is 5.20. The minimum absolute atomic E-state index is 0.0836. The van der Waals surface area contributed by atoms with E-state index in [1.165, 1.54) is 13.5 Å². The molecule has 0 aromatic carbocycles. The van der Waals surface area contributed by atoms with Crippen LogP contribution >= 0.6 is 0 Å². The average Bonchev–Trinajstić information content (AvgIpc) is 2.28. The summed E-state index contributed by atoms with van der Waals surface area (Å²) in [6.45, 7) is 7.34. The van der Waals surface area contributed by atoms with Gasteiger partial charge in [0.2, 0.25) is 0 Å². The van der Waals surface area contributed by atoms with E-state index in [-0.39, 0.29) is 5.97 Å². The first-order valence-corrected chi connectivity index (χ1v) is 6.39. The highest BCUT2D eigenvalue weighted by Gasteiger charge is 2.43. The van der Waals surface area contributed by atoms with Gasteiger partial charge in [0.05, 0.1) is 7.11 Å². The Kier molecular flexibility index (Phi) is 4.78. The van der Waals surface area contributed by atoms with Gasteiger partial charge < -0.3 is 10.1 Å². The maximum Gasteiger partial charge on any atom is 0.326 e. The number of ether oxygens (including phenoxy) is 1. The van der Waals surface area contributed by atoms with Gasteiger partial charge in [-0.25, -0.2) is 0 Å². The lowest BCUT2D eigenvalue weighted by molar-refractivity contribution is -0.151. The Bertz CT molecular complexity index is 236. The van der Waals surface area contributed by atoms with Crippen LogP contribution in [-0.4, -0.2) is 25.2 Å². The molecule has 2 unspecified atom stereocenters. The summed E-state index contributed by atoms with van der Waals surface area (Å²) < 4.78 is 4.97. The average molecular weight is 227 g/mol. The predicted molar refractivity (Wildman–Crippen MR) is 65.2 cm³/mol. The van der Waals surface area contributed by atoms with E-state index >= 15 is 0 Å². The van der Waals surface area contributed by atoms with Crippen molar-refractivity contribution < 1.29 is 9.53 Å². The molecule has 0 aromatic heterocycles. The van der Waals surface area contributed by atoms with Crippen LogP contribution in [0.1, 0.15) is 46.5 Å². The molecule has 0 aliphatic heterocycles. The lowest BCUT2D eigenvalue weighted by Gasteiger charge is -2.40. The van der Waals surface area contributed by atoms with Gasteiger partial charge in [0, 0.05) is 0 Å². The van der Waals surface area contributed by atoms with Crippen molar-refractivity contribution in [2.75, 3.05) is 13.7 Å². The third-order valence-corrected chi connectivity index (χ3v) is 3.82. The Morgan fingerprint density at radius 1 is 1.56 bits per heavy atom. The Balaban J connectivity index is 2.79. The lowest BCUT2D eigenvalue weighted by Crippen LogP contribution is -2.55. The number of hydrogen-bond donors (Lipinski definition) is 1. The third kappa shape index (κ3) is 2.76. The highest BCUT2D eigenvalue weighted by atomic mass is 16.5. The van der Waals surface area contributed by atoms with Crippen LogP contribution in [0.2, 0.25) is 0 Å². The number of carbonyl (C=O) groups is 1. The number of esters is 1. The summed E-state index contributed by atoms with van der Waals surface area (Å²) in [5.74, 6) is 1.19. The molecule has 1 saturated carbocycles. The molecule has 0 radical (unpaired) electrons. The summed E-state index contributed by atoms with van der Waals surface area (Å²) in [6.07, 6.45) is 4.19. The summed E-state index contributed by atoms with van der Waals surface area (Å²) in [5.41, 5.74) is -0.420. The number of hydrogen-bond acceptors (Lipinski definition) is 3. The lowest BCUT2D eigenvalue weighted by atomic mass is 9.71. The van der Waals surface area contributed by atoms with Crippen LogP contribution < -0.4 is 5.32 Å². The zero-order chi connectivity index (χ0) is 12.2. The predicted octanol–water partition coefficient (Wildman–Crippen LogP) is 2.35. The summed E-state index contributed by atoms with van der Waals surface area (Å²) in [6, 6.07) is 0. The maximum atomic E-state index is 12.0. The SMILES string of the molecule is CCNC1(C(=O)OC)CCCC(C(C)C)C1. The van der Waals surface area contributed by atoms with E-state index in [9.17, 15) is 4.79 Å². The Morgan fingerprint density at radius 3 is 2.75 bits per heavy atom. The van der Waals surface area contributed by atoms with E-state index in [1.54, 1.807) is 0 Å². The van der Waals surface area contributed by atoms with E-state index < -0.39 is 5.54 Å². The fraction of sp³-hybridized carbons (Fsp3) is 0.923. The largest absolute Gasteiger partial charge is 0.468 e. The smallest absolute Gasteiger partial charge is 0.326 e. The molecule has 0 saturated heterocycles. The summed E-state index contributed by atoms with van der Waals surface area (Å²) in [4.78, 5) is 12.0. The zero-order valence-electron chi connectivity index (χ0n) is 11.0. The molecule has 0 heterocycles. The van der Waals surface area contributed by atoms with Gasteiger partial charge in [0.1, 0.15) is 5.54 Å². The van der Waals surface area contributed by atoms with E-state index in [2.05, 4.69) is 19.2 Å². The monoisotopic (exact) mass is 227 g/mol. The summed E-state index contributed by atoms with van der Waals surface area (Å²) >= 11 is 0.